The predicted octanol–water partition coefficient (Wildman–Crippen LogP) is 2.64. The molecule has 3 heteroatoms. The van der Waals surface area contributed by atoms with Crippen LogP contribution in [-0.4, -0.2) is 10.8 Å². The van der Waals surface area contributed by atoms with Crippen molar-refractivity contribution in [2.75, 3.05) is 0 Å². The van der Waals surface area contributed by atoms with Gasteiger partial charge in [0.15, 0.2) is 5.78 Å². The van der Waals surface area contributed by atoms with Gasteiger partial charge < -0.3 is 0 Å². The number of rotatable bonds is 2. The van der Waals surface area contributed by atoms with E-state index in [1.54, 1.807) is 19.1 Å². The normalized spacial score (nSPS) is 9.92. The number of aromatic nitrogens is 1. The third-order valence-electron chi connectivity index (χ3n) is 1.61. The molecule has 0 amide bonds. The van der Waals surface area contributed by atoms with Crippen molar-refractivity contribution in [2.45, 2.75) is 20.3 Å². The Hall–Kier alpha value is -0.890. The Labute approximate surface area is 76.6 Å². The summed E-state index contributed by atoms with van der Waals surface area (Å²) < 4.78 is 0. The molecule has 0 aromatic carbocycles. The summed E-state index contributed by atoms with van der Waals surface area (Å²) >= 11 is 5.77. The molecule has 0 N–H and O–H groups in total. The molecular weight excluding hydrogens is 174 g/mol. The molecule has 1 aromatic rings. The first-order chi connectivity index (χ1) is 5.65. The zero-order valence-corrected chi connectivity index (χ0v) is 7.85. The van der Waals surface area contributed by atoms with E-state index in [0.29, 0.717) is 17.1 Å². The van der Waals surface area contributed by atoms with Gasteiger partial charge in [-0.1, -0.05) is 18.5 Å². The number of Topliss-reactive ketones (excluding diaryl/α,β-unsaturated/α-hetero) is 1. The van der Waals surface area contributed by atoms with E-state index >= 15 is 0 Å². The van der Waals surface area contributed by atoms with E-state index in [-0.39, 0.29) is 5.78 Å². The van der Waals surface area contributed by atoms with Crippen LogP contribution in [0.25, 0.3) is 0 Å². The number of carbonyl (C=O) groups excluding carboxylic acids is 1. The highest BCUT2D eigenvalue weighted by molar-refractivity contribution is 6.32. The average Bonchev–Trinajstić information content (AvgIpc) is 2.03. The standard InChI is InChI=1S/C9H10ClNO/c1-3-8(12)7-5-4-6(2)11-9(7)10/h4-5H,3H2,1-2H3. The van der Waals surface area contributed by atoms with E-state index < -0.39 is 0 Å². The summed E-state index contributed by atoms with van der Waals surface area (Å²) in [6.45, 7) is 3.64. The molecule has 12 heavy (non-hydrogen) atoms. The summed E-state index contributed by atoms with van der Waals surface area (Å²) in [7, 11) is 0. The van der Waals surface area contributed by atoms with Gasteiger partial charge in [0, 0.05) is 12.1 Å². The Kier molecular flexibility index (Phi) is 2.82. The van der Waals surface area contributed by atoms with E-state index in [1.807, 2.05) is 6.92 Å². The van der Waals surface area contributed by atoms with Crippen LogP contribution < -0.4 is 0 Å². The van der Waals surface area contributed by atoms with Gasteiger partial charge in [-0.15, -0.1) is 0 Å². The Morgan fingerprint density at radius 2 is 2.25 bits per heavy atom. The number of ketones is 1. The SMILES string of the molecule is CCC(=O)c1ccc(C)nc1Cl. The van der Waals surface area contributed by atoms with Crippen LogP contribution in [0.2, 0.25) is 5.15 Å². The molecule has 0 atom stereocenters. The average molecular weight is 184 g/mol. The first kappa shape index (κ1) is 9.20. The molecule has 0 spiro atoms. The van der Waals surface area contributed by atoms with Gasteiger partial charge in [-0.3, -0.25) is 4.79 Å². The Morgan fingerprint density at radius 1 is 1.58 bits per heavy atom. The van der Waals surface area contributed by atoms with Gasteiger partial charge in [-0.2, -0.15) is 0 Å². The Morgan fingerprint density at radius 3 is 2.75 bits per heavy atom. The lowest BCUT2D eigenvalue weighted by atomic mass is 10.1. The second-order valence-electron chi connectivity index (χ2n) is 2.57. The van der Waals surface area contributed by atoms with Crippen molar-refractivity contribution in [1.82, 2.24) is 4.98 Å². The smallest absolute Gasteiger partial charge is 0.165 e. The molecule has 0 bridgehead atoms. The lowest BCUT2D eigenvalue weighted by molar-refractivity contribution is 0.0988. The summed E-state index contributed by atoms with van der Waals surface area (Å²) in [6.07, 6.45) is 0.463. The number of nitrogens with zero attached hydrogens (tertiary/aromatic N) is 1. The lowest BCUT2D eigenvalue weighted by Crippen LogP contribution is -1.99. The fourth-order valence-corrected chi connectivity index (χ4v) is 1.23. The van der Waals surface area contributed by atoms with E-state index in [9.17, 15) is 4.79 Å². The van der Waals surface area contributed by atoms with Gasteiger partial charge in [0.1, 0.15) is 5.15 Å². The Bertz CT molecular complexity index is 309. The van der Waals surface area contributed by atoms with E-state index in [2.05, 4.69) is 4.98 Å². The minimum Gasteiger partial charge on any atom is -0.294 e. The fraction of sp³-hybridized carbons (Fsp3) is 0.333. The zero-order valence-electron chi connectivity index (χ0n) is 7.10. The summed E-state index contributed by atoms with van der Waals surface area (Å²) in [5.74, 6) is 0.0347. The molecule has 0 saturated carbocycles. The van der Waals surface area contributed by atoms with Crippen molar-refractivity contribution in [3.8, 4) is 0 Å². The second kappa shape index (κ2) is 3.68. The maximum atomic E-state index is 11.2. The lowest BCUT2D eigenvalue weighted by Gasteiger charge is -2.00. The zero-order chi connectivity index (χ0) is 9.14. The molecule has 0 saturated heterocycles. The summed E-state index contributed by atoms with van der Waals surface area (Å²) in [5, 5.41) is 0.307. The molecule has 1 rings (SSSR count). The quantitative estimate of drug-likeness (QED) is 0.521. The van der Waals surface area contributed by atoms with Crippen LogP contribution in [0.4, 0.5) is 0 Å². The molecule has 1 aromatic heterocycles. The minimum atomic E-state index is 0.0347. The van der Waals surface area contributed by atoms with E-state index in [0.717, 1.165) is 5.69 Å². The molecule has 2 nitrogen and oxygen atoms in total. The van der Waals surface area contributed by atoms with Crippen LogP contribution in [0.5, 0.6) is 0 Å². The van der Waals surface area contributed by atoms with Crippen molar-refractivity contribution in [3.63, 3.8) is 0 Å². The third-order valence-corrected chi connectivity index (χ3v) is 1.90. The van der Waals surface area contributed by atoms with Crippen molar-refractivity contribution in [3.05, 3.63) is 28.5 Å². The van der Waals surface area contributed by atoms with Crippen molar-refractivity contribution in [2.24, 2.45) is 0 Å². The summed E-state index contributed by atoms with van der Waals surface area (Å²) in [5.41, 5.74) is 1.34. The van der Waals surface area contributed by atoms with Crippen molar-refractivity contribution < 1.29 is 4.79 Å². The minimum absolute atomic E-state index is 0.0347. The van der Waals surface area contributed by atoms with E-state index in [1.165, 1.54) is 0 Å². The van der Waals surface area contributed by atoms with Crippen LogP contribution in [0.1, 0.15) is 29.4 Å². The number of pyridine rings is 1. The van der Waals surface area contributed by atoms with Crippen LogP contribution >= 0.6 is 11.6 Å². The molecule has 0 unspecified atom stereocenters. The predicted molar refractivity (Wildman–Crippen MR) is 48.6 cm³/mol. The number of carbonyl (C=O) groups is 1. The largest absolute Gasteiger partial charge is 0.294 e. The summed E-state index contributed by atoms with van der Waals surface area (Å²) in [6, 6.07) is 3.51. The maximum absolute atomic E-state index is 11.2. The van der Waals surface area contributed by atoms with Gasteiger partial charge in [0.25, 0.3) is 0 Å². The molecule has 0 aliphatic rings. The molecule has 64 valence electrons. The second-order valence-corrected chi connectivity index (χ2v) is 2.93. The Balaban J connectivity index is 3.09. The van der Waals surface area contributed by atoms with Crippen LogP contribution in [0, 0.1) is 6.92 Å². The topological polar surface area (TPSA) is 30.0 Å². The highest BCUT2D eigenvalue weighted by atomic mass is 35.5. The van der Waals surface area contributed by atoms with Gasteiger partial charge in [0.05, 0.1) is 5.56 Å². The molecular formula is C9H10ClNO. The van der Waals surface area contributed by atoms with Gasteiger partial charge in [-0.05, 0) is 19.1 Å². The summed E-state index contributed by atoms with van der Waals surface area (Å²) in [4.78, 5) is 15.2. The van der Waals surface area contributed by atoms with Crippen molar-refractivity contribution in [1.29, 1.82) is 0 Å². The highest BCUT2D eigenvalue weighted by Gasteiger charge is 2.08. The number of hydrogen-bond donors (Lipinski definition) is 0. The van der Waals surface area contributed by atoms with Crippen LogP contribution in [0.3, 0.4) is 0 Å². The first-order valence-corrected chi connectivity index (χ1v) is 4.19. The number of halogens is 1. The maximum Gasteiger partial charge on any atom is 0.165 e. The molecule has 0 aliphatic carbocycles. The van der Waals surface area contributed by atoms with Gasteiger partial charge in [-0.25, -0.2) is 4.98 Å². The van der Waals surface area contributed by atoms with Crippen molar-refractivity contribution >= 4 is 17.4 Å². The molecule has 0 aliphatic heterocycles. The molecule has 0 fully saturated rings. The number of aryl methyl sites for hydroxylation is 1. The molecule has 1 heterocycles. The van der Waals surface area contributed by atoms with Crippen LogP contribution in [-0.2, 0) is 0 Å². The number of hydrogen-bond acceptors (Lipinski definition) is 2. The van der Waals surface area contributed by atoms with Gasteiger partial charge in [0.2, 0.25) is 0 Å². The first-order valence-electron chi connectivity index (χ1n) is 3.81. The highest BCUT2D eigenvalue weighted by Crippen LogP contribution is 2.15. The van der Waals surface area contributed by atoms with Gasteiger partial charge >= 0.3 is 0 Å². The monoisotopic (exact) mass is 183 g/mol. The fourth-order valence-electron chi connectivity index (χ4n) is 0.923. The third kappa shape index (κ3) is 1.83. The molecule has 0 radical (unpaired) electrons. The van der Waals surface area contributed by atoms with E-state index in [4.69, 9.17) is 11.6 Å². The van der Waals surface area contributed by atoms with Crippen LogP contribution in [0.15, 0.2) is 12.1 Å².